The monoisotopic (exact) mass is 510 g/mol. The van der Waals surface area contributed by atoms with Crippen LogP contribution in [0.3, 0.4) is 0 Å². The van der Waals surface area contributed by atoms with Crippen molar-refractivity contribution in [3.05, 3.63) is 133 Å². The lowest BCUT2D eigenvalue weighted by Gasteiger charge is -2.07. The minimum absolute atomic E-state index is 0.792. The number of hydrogen-bond donors (Lipinski definition) is 0. The maximum Gasteiger partial charge on any atom is 0.178 e. The molecule has 0 aliphatic carbocycles. The van der Waals surface area contributed by atoms with Crippen LogP contribution in [0.25, 0.3) is 87.7 Å². The Hall–Kier alpha value is -5.34. The summed E-state index contributed by atoms with van der Waals surface area (Å²) in [5, 5.41) is 9.18. The standard InChI is InChI=1S/C38H22O2/c1-3-13-25-23(9-1)11-5-15-27(25)29-17-7-19-31-33-21-22-34-32-20-8-18-30(36(32)40-38(34)37(33)39-35(29)31)28-16-6-12-24-10-2-4-14-26(24)28/h1-22H. The van der Waals surface area contributed by atoms with Crippen LogP contribution >= 0.6 is 0 Å². The molecule has 0 fully saturated rings. The first-order valence-electron chi connectivity index (χ1n) is 13.6. The average Bonchev–Trinajstić information content (AvgIpc) is 3.59. The van der Waals surface area contributed by atoms with Crippen LogP contribution in [0, 0.1) is 0 Å². The third-order valence-electron chi connectivity index (χ3n) is 8.29. The molecule has 9 aromatic rings. The zero-order valence-corrected chi connectivity index (χ0v) is 21.5. The minimum atomic E-state index is 0.792. The van der Waals surface area contributed by atoms with Crippen molar-refractivity contribution in [2.45, 2.75) is 0 Å². The zero-order chi connectivity index (χ0) is 26.2. The van der Waals surface area contributed by atoms with Crippen molar-refractivity contribution >= 4 is 65.4 Å². The van der Waals surface area contributed by atoms with Crippen LogP contribution in [0.1, 0.15) is 0 Å². The Labute approximate surface area is 229 Å². The highest BCUT2D eigenvalue weighted by atomic mass is 16.4. The van der Waals surface area contributed by atoms with Gasteiger partial charge in [-0.05, 0) is 44.8 Å². The summed E-state index contributed by atoms with van der Waals surface area (Å²) in [5.74, 6) is 0. The molecule has 0 N–H and O–H groups in total. The van der Waals surface area contributed by atoms with Crippen LogP contribution in [0.15, 0.2) is 142 Å². The van der Waals surface area contributed by atoms with E-state index in [9.17, 15) is 0 Å². The summed E-state index contributed by atoms with van der Waals surface area (Å²) >= 11 is 0. The van der Waals surface area contributed by atoms with Crippen molar-refractivity contribution in [3.63, 3.8) is 0 Å². The highest BCUT2D eigenvalue weighted by molar-refractivity contribution is 6.22. The Kier molecular flexibility index (Phi) is 4.36. The van der Waals surface area contributed by atoms with Gasteiger partial charge in [0, 0.05) is 32.7 Å². The molecule has 0 unspecified atom stereocenters. The number of furan rings is 2. The summed E-state index contributed by atoms with van der Waals surface area (Å²) in [7, 11) is 0. The van der Waals surface area contributed by atoms with E-state index < -0.39 is 0 Å². The van der Waals surface area contributed by atoms with Gasteiger partial charge in [-0.2, -0.15) is 0 Å². The molecule has 2 aromatic heterocycles. The van der Waals surface area contributed by atoms with Crippen molar-refractivity contribution in [2.24, 2.45) is 0 Å². The van der Waals surface area contributed by atoms with Crippen molar-refractivity contribution in [2.75, 3.05) is 0 Å². The van der Waals surface area contributed by atoms with Gasteiger partial charge in [-0.1, -0.05) is 121 Å². The first-order chi connectivity index (χ1) is 19.8. The first-order valence-corrected chi connectivity index (χ1v) is 13.6. The van der Waals surface area contributed by atoms with Crippen LogP contribution < -0.4 is 0 Å². The maximum atomic E-state index is 6.75. The van der Waals surface area contributed by atoms with E-state index in [0.717, 1.165) is 55.0 Å². The normalized spacial score (nSPS) is 12.0. The maximum absolute atomic E-state index is 6.75. The second-order valence-corrected chi connectivity index (χ2v) is 10.4. The summed E-state index contributed by atoms with van der Waals surface area (Å²) in [6, 6.07) is 47.1. The molecular weight excluding hydrogens is 488 g/mol. The smallest absolute Gasteiger partial charge is 0.178 e. The van der Waals surface area contributed by atoms with Crippen LogP contribution in [-0.2, 0) is 0 Å². The van der Waals surface area contributed by atoms with Crippen LogP contribution in [0.5, 0.6) is 0 Å². The summed E-state index contributed by atoms with van der Waals surface area (Å²) < 4.78 is 13.5. The lowest BCUT2D eigenvalue weighted by Crippen LogP contribution is -1.82. The minimum Gasteiger partial charge on any atom is -0.451 e. The van der Waals surface area contributed by atoms with Crippen molar-refractivity contribution in [3.8, 4) is 22.3 Å². The molecule has 0 radical (unpaired) electrons. The fraction of sp³-hybridized carbons (Fsp3) is 0. The van der Waals surface area contributed by atoms with Crippen LogP contribution in [0.2, 0.25) is 0 Å². The number of rotatable bonds is 2. The quantitative estimate of drug-likeness (QED) is 0.231. The van der Waals surface area contributed by atoms with Crippen molar-refractivity contribution in [1.82, 2.24) is 0 Å². The number of hydrogen-bond acceptors (Lipinski definition) is 2. The molecular formula is C38H22O2. The summed E-state index contributed by atoms with van der Waals surface area (Å²) in [5.41, 5.74) is 7.87. The van der Waals surface area contributed by atoms with E-state index in [0.29, 0.717) is 0 Å². The molecule has 0 saturated carbocycles. The molecule has 2 heteroatoms. The first kappa shape index (κ1) is 21.6. The van der Waals surface area contributed by atoms with E-state index in [2.05, 4.69) is 133 Å². The van der Waals surface area contributed by atoms with E-state index in [1.54, 1.807) is 0 Å². The highest BCUT2D eigenvalue weighted by Gasteiger charge is 2.20. The zero-order valence-electron chi connectivity index (χ0n) is 21.5. The Bertz CT molecular complexity index is 2250. The topological polar surface area (TPSA) is 26.3 Å². The van der Waals surface area contributed by atoms with Crippen molar-refractivity contribution in [1.29, 1.82) is 0 Å². The van der Waals surface area contributed by atoms with E-state index in [1.807, 2.05) is 0 Å². The van der Waals surface area contributed by atoms with Gasteiger partial charge in [0.25, 0.3) is 0 Å². The molecule has 0 saturated heterocycles. The Morgan fingerprint density at radius 2 is 0.600 bits per heavy atom. The van der Waals surface area contributed by atoms with Gasteiger partial charge in [-0.25, -0.2) is 0 Å². The predicted octanol–water partition coefficient (Wildman–Crippen LogP) is 11.1. The molecule has 40 heavy (non-hydrogen) atoms. The van der Waals surface area contributed by atoms with Gasteiger partial charge in [-0.15, -0.1) is 0 Å². The van der Waals surface area contributed by atoms with Gasteiger partial charge >= 0.3 is 0 Å². The summed E-state index contributed by atoms with van der Waals surface area (Å²) in [6.45, 7) is 0. The molecule has 0 aliphatic heterocycles. The largest absolute Gasteiger partial charge is 0.451 e. The lowest BCUT2D eigenvalue weighted by atomic mass is 9.96. The molecule has 9 rings (SSSR count). The van der Waals surface area contributed by atoms with Crippen LogP contribution in [0.4, 0.5) is 0 Å². The number of para-hydroxylation sites is 2. The fourth-order valence-electron chi connectivity index (χ4n) is 6.46. The molecule has 2 heterocycles. The van der Waals surface area contributed by atoms with E-state index in [1.165, 1.54) is 32.7 Å². The third-order valence-corrected chi connectivity index (χ3v) is 8.29. The summed E-state index contributed by atoms with van der Waals surface area (Å²) in [4.78, 5) is 0. The average molecular weight is 511 g/mol. The Morgan fingerprint density at radius 1 is 0.250 bits per heavy atom. The molecule has 0 amide bonds. The van der Waals surface area contributed by atoms with Crippen molar-refractivity contribution < 1.29 is 8.83 Å². The van der Waals surface area contributed by atoms with Gasteiger partial charge in [0.2, 0.25) is 0 Å². The van der Waals surface area contributed by atoms with Gasteiger partial charge in [0.05, 0.1) is 0 Å². The molecule has 0 bridgehead atoms. The Morgan fingerprint density at radius 3 is 1.10 bits per heavy atom. The van der Waals surface area contributed by atoms with Gasteiger partial charge < -0.3 is 8.83 Å². The second-order valence-electron chi connectivity index (χ2n) is 10.4. The molecule has 186 valence electrons. The van der Waals surface area contributed by atoms with E-state index >= 15 is 0 Å². The van der Waals surface area contributed by atoms with E-state index in [-0.39, 0.29) is 0 Å². The molecule has 0 spiro atoms. The molecule has 7 aromatic carbocycles. The predicted molar refractivity (Wildman–Crippen MR) is 167 cm³/mol. The highest BCUT2D eigenvalue weighted by Crippen LogP contribution is 2.44. The number of benzene rings is 7. The summed E-state index contributed by atoms with van der Waals surface area (Å²) in [6.07, 6.45) is 0. The van der Waals surface area contributed by atoms with Gasteiger partial charge in [-0.3, -0.25) is 0 Å². The molecule has 0 atom stereocenters. The number of fused-ring (bicyclic) bond motifs is 9. The van der Waals surface area contributed by atoms with Gasteiger partial charge in [0.15, 0.2) is 11.2 Å². The Balaban J connectivity index is 1.35. The third kappa shape index (κ3) is 2.93. The second kappa shape index (κ2) is 8.08. The SMILES string of the molecule is c1ccc2c(-c3cccc4c3oc3c4ccc4c5cccc(-c6cccc7ccccc67)c5oc43)cccc2c1. The fourth-order valence-corrected chi connectivity index (χ4v) is 6.46. The lowest BCUT2D eigenvalue weighted by molar-refractivity contribution is 0.634. The van der Waals surface area contributed by atoms with E-state index in [4.69, 9.17) is 8.83 Å². The van der Waals surface area contributed by atoms with Gasteiger partial charge in [0.1, 0.15) is 11.2 Å². The molecule has 0 aliphatic rings. The molecule has 2 nitrogen and oxygen atoms in total. The van der Waals surface area contributed by atoms with Crippen LogP contribution in [-0.4, -0.2) is 0 Å².